The summed E-state index contributed by atoms with van der Waals surface area (Å²) in [5, 5.41) is 8.49. The molecule has 4 heteroatoms. The van der Waals surface area contributed by atoms with Crippen molar-refractivity contribution in [1.82, 2.24) is 4.98 Å². The number of hydrogen-bond donors (Lipinski definition) is 2. The third-order valence-electron chi connectivity index (χ3n) is 1.26. The second kappa shape index (κ2) is 3.34. The zero-order valence-corrected chi connectivity index (χ0v) is 5.53. The summed E-state index contributed by atoms with van der Waals surface area (Å²) < 4.78 is 4.90. The van der Waals surface area contributed by atoms with E-state index in [1.165, 1.54) is 6.39 Å². The highest BCUT2D eigenvalue weighted by Crippen LogP contribution is 2.10. The summed E-state index contributed by atoms with van der Waals surface area (Å²) >= 11 is 0. The fourth-order valence-electron chi connectivity index (χ4n) is 0.690. The van der Waals surface area contributed by atoms with Crippen LogP contribution in [0.2, 0.25) is 0 Å². The fourth-order valence-corrected chi connectivity index (χ4v) is 0.690. The molecule has 0 aliphatic rings. The number of nitrogens with two attached hydrogens (primary N) is 1. The molecule has 0 fully saturated rings. The summed E-state index contributed by atoms with van der Waals surface area (Å²) in [6.45, 7) is 0.0713. The van der Waals surface area contributed by atoms with Crippen molar-refractivity contribution in [2.45, 2.75) is 12.5 Å². The maximum atomic E-state index is 8.49. The van der Waals surface area contributed by atoms with Gasteiger partial charge in [-0.2, -0.15) is 0 Å². The van der Waals surface area contributed by atoms with Gasteiger partial charge in [0.05, 0.1) is 12.2 Å². The van der Waals surface area contributed by atoms with E-state index in [1.54, 1.807) is 6.20 Å². The summed E-state index contributed by atoms with van der Waals surface area (Å²) in [5.41, 5.74) is 5.56. The van der Waals surface area contributed by atoms with E-state index >= 15 is 0 Å². The first-order valence-corrected chi connectivity index (χ1v) is 3.09. The number of rotatable bonds is 3. The van der Waals surface area contributed by atoms with Crippen molar-refractivity contribution in [3.8, 4) is 0 Å². The average molecular weight is 142 g/mol. The molecule has 1 rings (SSSR count). The monoisotopic (exact) mass is 142 g/mol. The molecular weight excluding hydrogens is 132 g/mol. The summed E-state index contributed by atoms with van der Waals surface area (Å²) in [6, 6.07) is -0.229. The highest BCUT2D eigenvalue weighted by molar-refractivity contribution is 4.95. The quantitative estimate of drug-likeness (QED) is 0.625. The van der Waals surface area contributed by atoms with Gasteiger partial charge in [-0.15, -0.1) is 0 Å². The van der Waals surface area contributed by atoms with E-state index in [2.05, 4.69) is 4.98 Å². The summed E-state index contributed by atoms with van der Waals surface area (Å²) in [4.78, 5) is 3.70. The predicted molar refractivity (Wildman–Crippen MR) is 35.1 cm³/mol. The second-order valence-corrected chi connectivity index (χ2v) is 2.02. The molecule has 1 atom stereocenters. The van der Waals surface area contributed by atoms with Crippen LogP contribution in [0, 0.1) is 0 Å². The Kier molecular flexibility index (Phi) is 2.42. The number of aliphatic hydroxyl groups excluding tert-OH is 1. The minimum absolute atomic E-state index is 0.0713. The van der Waals surface area contributed by atoms with E-state index in [4.69, 9.17) is 15.3 Å². The Balaban J connectivity index is 2.50. The third-order valence-corrected chi connectivity index (χ3v) is 1.26. The minimum atomic E-state index is -0.229. The average Bonchev–Trinajstić information content (AvgIpc) is 2.38. The second-order valence-electron chi connectivity index (χ2n) is 2.02. The van der Waals surface area contributed by atoms with E-state index < -0.39 is 0 Å². The Bertz CT molecular complexity index is 174. The molecule has 10 heavy (non-hydrogen) atoms. The van der Waals surface area contributed by atoms with Crippen LogP contribution in [0.3, 0.4) is 0 Å². The van der Waals surface area contributed by atoms with Crippen LogP contribution < -0.4 is 5.73 Å². The summed E-state index contributed by atoms with van der Waals surface area (Å²) in [7, 11) is 0. The molecule has 56 valence electrons. The van der Waals surface area contributed by atoms with Crippen LogP contribution in [0.5, 0.6) is 0 Å². The highest BCUT2D eigenvalue weighted by Gasteiger charge is 2.07. The molecule has 0 saturated heterocycles. The molecule has 0 aliphatic heterocycles. The Morgan fingerprint density at radius 2 is 2.60 bits per heavy atom. The maximum absolute atomic E-state index is 8.49. The number of aromatic nitrogens is 1. The van der Waals surface area contributed by atoms with Crippen LogP contribution in [-0.4, -0.2) is 16.7 Å². The molecule has 0 bridgehead atoms. The molecule has 4 nitrogen and oxygen atoms in total. The van der Waals surface area contributed by atoms with Crippen LogP contribution in [0.1, 0.15) is 18.2 Å². The smallest absolute Gasteiger partial charge is 0.180 e. The van der Waals surface area contributed by atoms with Crippen LogP contribution in [0.15, 0.2) is 17.0 Å². The van der Waals surface area contributed by atoms with Gasteiger partial charge in [0.25, 0.3) is 0 Å². The molecule has 0 saturated carbocycles. The van der Waals surface area contributed by atoms with Crippen molar-refractivity contribution in [2.24, 2.45) is 5.73 Å². The van der Waals surface area contributed by atoms with E-state index in [-0.39, 0.29) is 12.6 Å². The topological polar surface area (TPSA) is 72.3 Å². The Morgan fingerprint density at radius 1 is 1.80 bits per heavy atom. The number of oxazole rings is 1. The predicted octanol–water partition coefficient (Wildman–Crippen LogP) is 0.0568. The molecule has 1 heterocycles. The molecule has 0 spiro atoms. The molecule has 0 amide bonds. The number of nitrogens with zero attached hydrogens (tertiary/aromatic N) is 1. The van der Waals surface area contributed by atoms with Gasteiger partial charge in [-0.3, -0.25) is 0 Å². The molecule has 1 unspecified atom stereocenters. The zero-order valence-electron chi connectivity index (χ0n) is 5.53. The highest BCUT2D eigenvalue weighted by atomic mass is 16.3. The van der Waals surface area contributed by atoms with Crippen molar-refractivity contribution in [3.63, 3.8) is 0 Å². The van der Waals surface area contributed by atoms with Crippen LogP contribution in [-0.2, 0) is 0 Å². The first-order chi connectivity index (χ1) is 4.84. The van der Waals surface area contributed by atoms with E-state index in [1.807, 2.05) is 0 Å². The van der Waals surface area contributed by atoms with Gasteiger partial charge in [0.1, 0.15) is 5.76 Å². The van der Waals surface area contributed by atoms with Gasteiger partial charge in [0, 0.05) is 6.61 Å². The van der Waals surface area contributed by atoms with Gasteiger partial charge < -0.3 is 15.3 Å². The molecule has 0 aromatic carbocycles. The zero-order chi connectivity index (χ0) is 7.40. The SMILES string of the molecule is NC(CCO)c1cnco1. The standard InChI is InChI=1S/C6H10N2O2/c7-5(1-2-9)6-3-8-4-10-6/h3-5,9H,1-2,7H2. The minimum Gasteiger partial charge on any atom is -0.447 e. The molecule has 1 aromatic rings. The lowest BCUT2D eigenvalue weighted by atomic mass is 10.2. The van der Waals surface area contributed by atoms with Crippen molar-refractivity contribution < 1.29 is 9.52 Å². The van der Waals surface area contributed by atoms with Crippen LogP contribution in [0.25, 0.3) is 0 Å². The van der Waals surface area contributed by atoms with E-state index in [0.717, 1.165) is 0 Å². The summed E-state index contributed by atoms with van der Waals surface area (Å²) in [6.07, 6.45) is 3.39. The maximum Gasteiger partial charge on any atom is 0.180 e. The van der Waals surface area contributed by atoms with Gasteiger partial charge in [-0.1, -0.05) is 0 Å². The van der Waals surface area contributed by atoms with Gasteiger partial charge in [-0.05, 0) is 6.42 Å². The van der Waals surface area contributed by atoms with Gasteiger partial charge in [-0.25, -0.2) is 4.98 Å². The molecule has 1 aromatic heterocycles. The van der Waals surface area contributed by atoms with Crippen LogP contribution in [0.4, 0.5) is 0 Å². The lowest BCUT2D eigenvalue weighted by Gasteiger charge is -2.03. The van der Waals surface area contributed by atoms with Crippen LogP contribution >= 0.6 is 0 Å². The fraction of sp³-hybridized carbons (Fsp3) is 0.500. The van der Waals surface area contributed by atoms with Crippen molar-refractivity contribution in [3.05, 3.63) is 18.4 Å². The largest absolute Gasteiger partial charge is 0.447 e. The molecular formula is C6H10N2O2. The van der Waals surface area contributed by atoms with Gasteiger partial charge >= 0.3 is 0 Å². The van der Waals surface area contributed by atoms with E-state index in [9.17, 15) is 0 Å². The lowest BCUT2D eigenvalue weighted by molar-refractivity contribution is 0.268. The molecule has 0 aliphatic carbocycles. The van der Waals surface area contributed by atoms with Crippen molar-refractivity contribution >= 4 is 0 Å². The Hall–Kier alpha value is -0.870. The van der Waals surface area contributed by atoms with Crippen molar-refractivity contribution in [1.29, 1.82) is 0 Å². The molecule has 3 N–H and O–H groups in total. The normalized spacial score (nSPS) is 13.4. The van der Waals surface area contributed by atoms with Gasteiger partial charge in [0.2, 0.25) is 0 Å². The molecule has 0 radical (unpaired) electrons. The Morgan fingerprint density at radius 3 is 3.10 bits per heavy atom. The third kappa shape index (κ3) is 1.55. The van der Waals surface area contributed by atoms with Crippen molar-refractivity contribution in [2.75, 3.05) is 6.61 Å². The first kappa shape index (κ1) is 7.24. The van der Waals surface area contributed by atoms with Gasteiger partial charge in [0.15, 0.2) is 6.39 Å². The number of aliphatic hydroxyl groups is 1. The Labute approximate surface area is 58.7 Å². The van der Waals surface area contributed by atoms with E-state index in [0.29, 0.717) is 12.2 Å². The summed E-state index contributed by atoms with van der Waals surface area (Å²) in [5.74, 6) is 0.619. The number of hydrogen-bond acceptors (Lipinski definition) is 4. The lowest BCUT2D eigenvalue weighted by Crippen LogP contribution is -2.10. The first-order valence-electron chi connectivity index (χ1n) is 3.09.